The summed E-state index contributed by atoms with van der Waals surface area (Å²) in [6.45, 7) is 1.55. The predicted molar refractivity (Wildman–Crippen MR) is 138 cm³/mol. The van der Waals surface area contributed by atoms with Gasteiger partial charge in [0, 0.05) is 19.0 Å². The fourth-order valence-electron chi connectivity index (χ4n) is 4.34. The molecule has 0 bridgehead atoms. The Bertz CT molecular complexity index is 1340. The fourth-order valence-corrected chi connectivity index (χ4v) is 5.23. The lowest BCUT2D eigenvalue weighted by atomic mass is 9.91. The van der Waals surface area contributed by atoms with Gasteiger partial charge in [-0.3, -0.25) is 4.79 Å². The monoisotopic (exact) mass is 544 g/mol. The van der Waals surface area contributed by atoms with Gasteiger partial charge in [-0.05, 0) is 72.6 Å². The summed E-state index contributed by atoms with van der Waals surface area (Å²) in [6, 6.07) is 10.7. The van der Waals surface area contributed by atoms with E-state index in [2.05, 4.69) is 20.8 Å². The van der Waals surface area contributed by atoms with E-state index >= 15 is 0 Å². The number of nitrogens with one attached hydrogen (secondary N) is 2. The van der Waals surface area contributed by atoms with Crippen LogP contribution in [0.1, 0.15) is 65.9 Å². The normalized spacial score (nSPS) is 14.5. The minimum Gasteiger partial charge on any atom is -0.465 e. The molecule has 1 aliphatic carbocycles. The molecular formula is C27H27F3N4O3S. The minimum atomic E-state index is -4.50. The van der Waals surface area contributed by atoms with E-state index in [-0.39, 0.29) is 12.5 Å². The average Bonchev–Trinajstić information content (AvgIpc) is 3.38. The third-order valence-corrected chi connectivity index (χ3v) is 7.28. The summed E-state index contributed by atoms with van der Waals surface area (Å²) in [5.74, 6) is -0.278. The van der Waals surface area contributed by atoms with E-state index < -0.39 is 23.9 Å². The molecule has 3 N–H and O–H groups in total. The largest absolute Gasteiger partial charge is 0.465 e. The average molecular weight is 545 g/mol. The molecule has 4 rings (SSSR count). The Morgan fingerprint density at radius 2 is 1.76 bits per heavy atom. The van der Waals surface area contributed by atoms with E-state index in [1.807, 2.05) is 18.2 Å². The molecule has 2 aromatic carbocycles. The summed E-state index contributed by atoms with van der Waals surface area (Å²) in [5.41, 5.74) is 2.70. The van der Waals surface area contributed by atoms with Crippen molar-refractivity contribution in [3.63, 3.8) is 0 Å². The highest BCUT2D eigenvalue weighted by Crippen LogP contribution is 2.38. The zero-order chi connectivity index (χ0) is 27.3. The van der Waals surface area contributed by atoms with Crippen molar-refractivity contribution in [2.75, 3.05) is 0 Å². The first kappa shape index (κ1) is 27.3. The Morgan fingerprint density at radius 3 is 2.39 bits per heavy atom. The summed E-state index contributed by atoms with van der Waals surface area (Å²) in [6.07, 6.45) is 0.314. The van der Waals surface area contributed by atoms with Gasteiger partial charge in [-0.25, -0.2) is 4.79 Å². The van der Waals surface area contributed by atoms with Gasteiger partial charge < -0.3 is 15.7 Å². The van der Waals surface area contributed by atoms with Crippen LogP contribution < -0.4 is 10.6 Å². The predicted octanol–water partition coefficient (Wildman–Crippen LogP) is 6.37. The van der Waals surface area contributed by atoms with E-state index in [1.54, 1.807) is 18.2 Å². The van der Waals surface area contributed by atoms with Crippen LogP contribution in [-0.2, 0) is 23.9 Å². The number of hydrogen-bond acceptors (Lipinski definition) is 5. The smallest absolute Gasteiger partial charge is 0.416 e. The second-order valence-corrected chi connectivity index (χ2v) is 10.2. The van der Waals surface area contributed by atoms with Crippen molar-refractivity contribution in [1.82, 2.24) is 20.8 Å². The third-order valence-electron chi connectivity index (χ3n) is 6.19. The Kier molecular flexibility index (Phi) is 8.45. The molecule has 0 fully saturated rings. The first-order chi connectivity index (χ1) is 18.1. The van der Waals surface area contributed by atoms with Crippen molar-refractivity contribution in [3.05, 3.63) is 75.8 Å². The Morgan fingerprint density at radius 1 is 1.05 bits per heavy atom. The molecule has 0 aliphatic heterocycles. The number of halogens is 3. The zero-order valence-corrected chi connectivity index (χ0v) is 21.5. The van der Waals surface area contributed by atoms with Gasteiger partial charge in [0.1, 0.15) is 10.0 Å². The van der Waals surface area contributed by atoms with Crippen LogP contribution >= 0.6 is 11.3 Å². The molecule has 1 aromatic heterocycles. The maximum atomic E-state index is 13.7. The summed E-state index contributed by atoms with van der Waals surface area (Å²) >= 11 is 1.15. The van der Waals surface area contributed by atoms with E-state index in [9.17, 15) is 22.8 Å². The highest BCUT2D eigenvalue weighted by atomic mass is 32.1. The molecule has 3 aromatic rings. The fraction of sp³-hybridized carbons (Fsp3) is 0.333. The van der Waals surface area contributed by atoms with Gasteiger partial charge >= 0.3 is 12.3 Å². The van der Waals surface area contributed by atoms with Crippen LogP contribution in [0, 0.1) is 0 Å². The summed E-state index contributed by atoms with van der Waals surface area (Å²) in [7, 11) is 0. The van der Waals surface area contributed by atoms with Crippen LogP contribution in [0.15, 0.2) is 48.5 Å². The molecule has 0 saturated carbocycles. The van der Waals surface area contributed by atoms with E-state index in [0.29, 0.717) is 27.6 Å². The number of carbonyl (C=O) groups excluding carboxylic acids is 1. The maximum absolute atomic E-state index is 13.7. The number of alkyl halides is 3. The van der Waals surface area contributed by atoms with Crippen molar-refractivity contribution in [2.45, 2.75) is 57.8 Å². The van der Waals surface area contributed by atoms with Gasteiger partial charge in [0.15, 0.2) is 0 Å². The summed E-state index contributed by atoms with van der Waals surface area (Å²) in [4.78, 5) is 22.6. The Hall–Kier alpha value is -3.73. The number of allylic oxidation sites excluding steroid dienone is 2. The Labute approximate surface area is 221 Å². The number of nitrogens with zero attached hydrogens (tertiary/aromatic N) is 2. The lowest BCUT2D eigenvalue weighted by Gasteiger charge is -2.16. The van der Waals surface area contributed by atoms with Crippen molar-refractivity contribution in [2.24, 2.45) is 0 Å². The summed E-state index contributed by atoms with van der Waals surface area (Å²) in [5, 5.41) is 23.1. The molecule has 1 aliphatic rings. The van der Waals surface area contributed by atoms with Gasteiger partial charge in [0.2, 0.25) is 5.91 Å². The number of amides is 2. The van der Waals surface area contributed by atoms with Crippen molar-refractivity contribution < 1.29 is 27.9 Å². The zero-order valence-electron chi connectivity index (χ0n) is 20.6. The Balaban J connectivity index is 1.61. The molecule has 1 atom stereocenters. The number of aromatic nitrogens is 2. The molecule has 0 saturated heterocycles. The highest BCUT2D eigenvalue weighted by Gasteiger charge is 2.32. The van der Waals surface area contributed by atoms with Gasteiger partial charge in [-0.1, -0.05) is 41.7 Å². The van der Waals surface area contributed by atoms with Crippen LogP contribution in [-0.4, -0.2) is 27.3 Å². The second kappa shape index (κ2) is 11.8. The third kappa shape index (κ3) is 7.18. The standard InChI is InChI=1S/C27H27F3N4O3S/c1-16(35)32-23(11-17-7-9-18(10-8-17)15-31-26(36)37)25-34-33-24(38-25)21-12-20(19-5-3-2-4-6-19)13-22(14-21)27(28,29)30/h5,7-10,12-14,23,31H,2-4,6,11,15H2,1H3,(H,32,35)(H,36,37)/t23-/m0/s1. The molecule has 11 heteroatoms. The molecule has 7 nitrogen and oxygen atoms in total. The van der Waals surface area contributed by atoms with Crippen LogP contribution in [0.3, 0.4) is 0 Å². The number of benzene rings is 2. The van der Waals surface area contributed by atoms with Crippen molar-refractivity contribution in [3.8, 4) is 10.6 Å². The second-order valence-electron chi connectivity index (χ2n) is 9.15. The van der Waals surface area contributed by atoms with Gasteiger partial charge in [0.25, 0.3) is 0 Å². The van der Waals surface area contributed by atoms with Gasteiger partial charge in [-0.15, -0.1) is 10.2 Å². The van der Waals surface area contributed by atoms with Crippen molar-refractivity contribution >= 4 is 28.9 Å². The molecule has 0 spiro atoms. The highest BCUT2D eigenvalue weighted by molar-refractivity contribution is 7.14. The van der Waals surface area contributed by atoms with Crippen molar-refractivity contribution in [1.29, 1.82) is 0 Å². The number of rotatable bonds is 8. The lowest BCUT2D eigenvalue weighted by Crippen LogP contribution is -2.27. The molecular weight excluding hydrogens is 517 g/mol. The summed E-state index contributed by atoms with van der Waals surface area (Å²) < 4.78 is 41.2. The number of carboxylic acid groups (broad SMARTS) is 1. The topological polar surface area (TPSA) is 104 Å². The maximum Gasteiger partial charge on any atom is 0.416 e. The molecule has 38 heavy (non-hydrogen) atoms. The van der Waals surface area contributed by atoms with Gasteiger partial charge in [0.05, 0.1) is 11.6 Å². The van der Waals surface area contributed by atoms with Crippen LogP contribution in [0.25, 0.3) is 16.1 Å². The van der Waals surface area contributed by atoms with E-state index in [1.165, 1.54) is 13.0 Å². The van der Waals surface area contributed by atoms with E-state index in [0.717, 1.165) is 59.8 Å². The molecule has 2 amide bonds. The molecule has 1 heterocycles. The van der Waals surface area contributed by atoms with Crippen LogP contribution in [0.5, 0.6) is 0 Å². The quantitative estimate of drug-likeness (QED) is 0.306. The first-order valence-electron chi connectivity index (χ1n) is 12.2. The number of carbonyl (C=O) groups is 2. The molecule has 200 valence electrons. The SMILES string of the molecule is CC(=O)N[C@@H](Cc1ccc(CNC(=O)O)cc1)c1nnc(-c2cc(C3=CCCCC3)cc(C(F)(F)F)c2)s1. The number of hydrogen-bond donors (Lipinski definition) is 3. The minimum absolute atomic E-state index is 0.167. The molecule has 0 unspecified atom stereocenters. The molecule has 0 radical (unpaired) electrons. The van der Waals surface area contributed by atoms with E-state index in [4.69, 9.17) is 5.11 Å². The first-order valence-corrected chi connectivity index (χ1v) is 13.0. The lowest BCUT2D eigenvalue weighted by molar-refractivity contribution is -0.137. The van der Waals surface area contributed by atoms with Crippen LogP contribution in [0.4, 0.5) is 18.0 Å². The van der Waals surface area contributed by atoms with Crippen LogP contribution in [0.2, 0.25) is 0 Å². The van der Waals surface area contributed by atoms with Gasteiger partial charge in [-0.2, -0.15) is 13.2 Å².